The van der Waals surface area contributed by atoms with Crippen LogP contribution in [0.4, 0.5) is 5.95 Å². The Balaban J connectivity index is 1.54. The van der Waals surface area contributed by atoms with Crippen LogP contribution in [-0.4, -0.2) is 67.2 Å². The van der Waals surface area contributed by atoms with Crippen molar-refractivity contribution in [2.45, 2.75) is 18.9 Å². The number of hydrogen-bond acceptors (Lipinski definition) is 6. The molecule has 0 unspecified atom stereocenters. The van der Waals surface area contributed by atoms with Crippen LogP contribution in [0.1, 0.15) is 23.2 Å². The van der Waals surface area contributed by atoms with Crippen molar-refractivity contribution in [3.63, 3.8) is 0 Å². The van der Waals surface area contributed by atoms with Crippen LogP contribution in [-0.2, 0) is 0 Å². The van der Waals surface area contributed by atoms with Crippen molar-refractivity contribution in [1.82, 2.24) is 20.2 Å². The van der Waals surface area contributed by atoms with Crippen molar-refractivity contribution in [3.8, 4) is 5.75 Å². The summed E-state index contributed by atoms with van der Waals surface area (Å²) in [6.07, 6.45) is 5.24. The minimum Gasteiger partial charge on any atom is -0.491 e. The lowest BCUT2D eigenvalue weighted by molar-refractivity contribution is 0.0926. The first-order valence-electron chi connectivity index (χ1n) is 9.33. The number of likely N-dealkylation sites (N-methyl/N-ethyl adjacent to an activating group) is 1. The van der Waals surface area contributed by atoms with E-state index in [1.54, 1.807) is 12.4 Å². The summed E-state index contributed by atoms with van der Waals surface area (Å²) >= 11 is 0. The van der Waals surface area contributed by atoms with E-state index in [1.165, 1.54) is 0 Å². The molecule has 1 aromatic carbocycles. The van der Waals surface area contributed by atoms with Crippen molar-refractivity contribution in [2.75, 3.05) is 45.2 Å². The average molecular weight is 369 g/mol. The van der Waals surface area contributed by atoms with Crippen molar-refractivity contribution in [1.29, 1.82) is 0 Å². The predicted octanol–water partition coefficient (Wildman–Crippen LogP) is 1.82. The summed E-state index contributed by atoms with van der Waals surface area (Å²) in [5.74, 6) is 1.30. The first-order valence-corrected chi connectivity index (χ1v) is 9.33. The molecule has 1 aliphatic heterocycles. The molecule has 1 saturated heterocycles. The Kier molecular flexibility index (Phi) is 6.59. The van der Waals surface area contributed by atoms with Crippen LogP contribution in [0.2, 0.25) is 0 Å². The van der Waals surface area contributed by atoms with Crippen LogP contribution in [0, 0.1) is 0 Å². The number of nitrogens with zero attached hydrogens (tertiary/aromatic N) is 4. The van der Waals surface area contributed by atoms with Crippen molar-refractivity contribution in [2.24, 2.45) is 0 Å². The number of para-hydroxylation sites is 1. The summed E-state index contributed by atoms with van der Waals surface area (Å²) in [6.45, 7) is 3.01. The first-order chi connectivity index (χ1) is 13.1. The molecule has 1 fully saturated rings. The van der Waals surface area contributed by atoms with Crippen LogP contribution in [0.3, 0.4) is 0 Å². The molecule has 0 saturated carbocycles. The normalized spacial score (nSPS) is 15.0. The molecular weight excluding hydrogens is 342 g/mol. The van der Waals surface area contributed by atoms with E-state index in [9.17, 15) is 4.79 Å². The second kappa shape index (κ2) is 9.32. The van der Waals surface area contributed by atoms with Gasteiger partial charge in [0, 0.05) is 38.1 Å². The molecule has 1 aliphatic rings. The molecule has 1 N–H and O–H groups in total. The zero-order valence-electron chi connectivity index (χ0n) is 16.0. The molecule has 1 amide bonds. The number of benzene rings is 1. The monoisotopic (exact) mass is 369 g/mol. The molecule has 3 rings (SSSR count). The van der Waals surface area contributed by atoms with Gasteiger partial charge in [0.25, 0.3) is 5.91 Å². The fourth-order valence-corrected chi connectivity index (χ4v) is 3.06. The number of amides is 1. The van der Waals surface area contributed by atoms with Gasteiger partial charge in [-0.25, -0.2) is 9.97 Å². The zero-order valence-corrected chi connectivity index (χ0v) is 16.0. The number of carbonyl (C=O) groups is 1. The SMILES string of the molecule is CN(C)CCOc1ccccc1C(=O)NC1CCN(c2ncccn2)CC1. The van der Waals surface area contributed by atoms with Crippen molar-refractivity contribution < 1.29 is 9.53 Å². The summed E-state index contributed by atoms with van der Waals surface area (Å²) in [4.78, 5) is 25.5. The first kappa shape index (κ1) is 19.1. The summed E-state index contributed by atoms with van der Waals surface area (Å²) in [7, 11) is 3.99. The molecule has 7 nitrogen and oxygen atoms in total. The van der Waals surface area contributed by atoms with Gasteiger partial charge < -0.3 is 19.9 Å². The van der Waals surface area contributed by atoms with Gasteiger partial charge in [-0.1, -0.05) is 12.1 Å². The van der Waals surface area contributed by atoms with Gasteiger partial charge in [-0.3, -0.25) is 4.79 Å². The topological polar surface area (TPSA) is 70.6 Å². The smallest absolute Gasteiger partial charge is 0.255 e. The second-order valence-corrected chi connectivity index (χ2v) is 6.93. The lowest BCUT2D eigenvalue weighted by atomic mass is 10.0. The molecule has 2 heterocycles. The van der Waals surface area contributed by atoms with E-state index in [-0.39, 0.29) is 11.9 Å². The molecule has 144 valence electrons. The van der Waals surface area contributed by atoms with E-state index in [0.717, 1.165) is 38.4 Å². The summed E-state index contributed by atoms with van der Waals surface area (Å²) in [5, 5.41) is 3.15. The minimum absolute atomic E-state index is 0.0788. The molecular formula is C20H27N5O2. The van der Waals surface area contributed by atoms with Crippen LogP contribution in [0.15, 0.2) is 42.7 Å². The van der Waals surface area contributed by atoms with Crippen LogP contribution in [0.25, 0.3) is 0 Å². The summed E-state index contributed by atoms with van der Waals surface area (Å²) in [5.41, 5.74) is 0.588. The standard InChI is InChI=1S/C20H27N5O2/c1-24(2)14-15-27-18-7-4-3-6-17(18)19(26)23-16-8-12-25(13-9-16)20-21-10-5-11-22-20/h3-7,10-11,16H,8-9,12-15H2,1-2H3,(H,23,26). The van der Waals surface area contributed by atoms with Crippen molar-refractivity contribution in [3.05, 3.63) is 48.3 Å². The lowest BCUT2D eigenvalue weighted by Gasteiger charge is -2.32. The highest BCUT2D eigenvalue weighted by Crippen LogP contribution is 2.20. The van der Waals surface area contributed by atoms with E-state index < -0.39 is 0 Å². The Morgan fingerprint density at radius 2 is 1.89 bits per heavy atom. The number of piperidine rings is 1. The van der Waals surface area contributed by atoms with Gasteiger partial charge in [-0.2, -0.15) is 0 Å². The second-order valence-electron chi connectivity index (χ2n) is 6.93. The van der Waals surface area contributed by atoms with Crippen LogP contribution in [0.5, 0.6) is 5.75 Å². The molecule has 7 heteroatoms. The van der Waals surface area contributed by atoms with Gasteiger partial charge in [-0.15, -0.1) is 0 Å². The Morgan fingerprint density at radius 3 is 2.59 bits per heavy atom. The average Bonchev–Trinajstić information content (AvgIpc) is 2.69. The number of anilines is 1. The number of rotatable bonds is 7. The molecule has 0 spiro atoms. The Hall–Kier alpha value is -2.67. The maximum absolute atomic E-state index is 12.7. The zero-order chi connectivity index (χ0) is 19.1. The summed E-state index contributed by atoms with van der Waals surface area (Å²) < 4.78 is 5.81. The number of aromatic nitrogens is 2. The van der Waals surface area contributed by atoms with Gasteiger partial charge in [0.15, 0.2) is 0 Å². The molecule has 0 bridgehead atoms. The van der Waals surface area contributed by atoms with E-state index >= 15 is 0 Å². The molecule has 27 heavy (non-hydrogen) atoms. The maximum atomic E-state index is 12.7. The third-order valence-electron chi connectivity index (χ3n) is 4.59. The van der Waals surface area contributed by atoms with Gasteiger partial charge in [-0.05, 0) is 45.1 Å². The number of ether oxygens (including phenoxy) is 1. The third-order valence-corrected chi connectivity index (χ3v) is 4.59. The van der Waals surface area contributed by atoms with Gasteiger partial charge in [0.05, 0.1) is 5.56 Å². The highest BCUT2D eigenvalue weighted by atomic mass is 16.5. The number of carbonyl (C=O) groups excluding carboxylic acids is 1. The largest absolute Gasteiger partial charge is 0.491 e. The highest BCUT2D eigenvalue weighted by Gasteiger charge is 2.23. The molecule has 0 atom stereocenters. The Bertz CT molecular complexity index is 730. The van der Waals surface area contributed by atoms with Gasteiger partial charge >= 0.3 is 0 Å². The summed E-state index contributed by atoms with van der Waals surface area (Å²) in [6, 6.07) is 9.37. The Labute approximate surface area is 160 Å². The molecule has 2 aromatic rings. The number of nitrogens with one attached hydrogen (secondary N) is 1. The maximum Gasteiger partial charge on any atom is 0.255 e. The lowest BCUT2D eigenvalue weighted by Crippen LogP contribution is -2.45. The quantitative estimate of drug-likeness (QED) is 0.803. The van der Waals surface area contributed by atoms with Gasteiger partial charge in [0.2, 0.25) is 5.95 Å². The van der Waals surface area contributed by atoms with Crippen LogP contribution >= 0.6 is 0 Å². The highest BCUT2D eigenvalue weighted by molar-refractivity contribution is 5.97. The van der Waals surface area contributed by atoms with E-state index in [4.69, 9.17) is 4.74 Å². The molecule has 0 aliphatic carbocycles. The van der Waals surface area contributed by atoms with Gasteiger partial charge in [0.1, 0.15) is 12.4 Å². The van der Waals surface area contributed by atoms with E-state index in [1.807, 2.05) is 49.3 Å². The van der Waals surface area contributed by atoms with Crippen LogP contribution < -0.4 is 15.0 Å². The minimum atomic E-state index is -0.0788. The fourth-order valence-electron chi connectivity index (χ4n) is 3.06. The fraction of sp³-hybridized carbons (Fsp3) is 0.450. The Morgan fingerprint density at radius 1 is 1.19 bits per heavy atom. The molecule has 1 aromatic heterocycles. The third kappa shape index (κ3) is 5.40. The molecule has 0 radical (unpaired) electrons. The predicted molar refractivity (Wildman–Crippen MR) is 105 cm³/mol. The number of hydrogen-bond donors (Lipinski definition) is 1. The van der Waals surface area contributed by atoms with E-state index in [2.05, 4.69) is 20.2 Å². The van der Waals surface area contributed by atoms with E-state index in [0.29, 0.717) is 17.9 Å². The van der Waals surface area contributed by atoms with Crippen molar-refractivity contribution >= 4 is 11.9 Å².